The fraction of sp³-hybridized carbons (Fsp3) is 0.0909. The Balaban J connectivity index is 1.98. The van der Waals surface area contributed by atoms with Gasteiger partial charge in [0.05, 0.1) is 4.90 Å². The minimum Gasteiger partial charge on any atom is -0.378 e. The van der Waals surface area contributed by atoms with Crippen LogP contribution in [0.25, 0.3) is 0 Å². The molecular weight excluding hydrogens is 275 g/mol. The topological polar surface area (TPSA) is 62.2 Å². The molecule has 2 aromatic rings. The van der Waals surface area contributed by atoms with E-state index in [0.29, 0.717) is 10.6 Å². The molecular formula is C11H7FN2O2S2. The van der Waals surface area contributed by atoms with E-state index >= 15 is 0 Å². The van der Waals surface area contributed by atoms with Gasteiger partial charge in [0.1, 0.15) is 5.82 Å². The zero-order chi connectivity index (χ0) is 12.7. The number of aliphatic hydroxyl groups excluding tert-OH is 1. The fourth-order valence-electron chi connectivity index (χ4n) is 1.68. The van der Waals surface area contributed by atoms with Crippen molar-refractivity contribution in [2.24, 2.45) is 0 Å². The maximum Gasteiger partial charge on any atom is 0.257 e. The van der Waals surface area contributed by atoms with Gasteiger partial charge in [-0.25, -0.2) is 9.37 Å². The van der Waals surface area contributed by atoms with Gasteiger partial charge < -0.3 is 10.4 Å². The summed E-state index contributed by atoms with van der Waals surface area (Å²) in [5.41, 5.74) is 0.731. The third-order valence-corrected chi connectivity index (χ3v) is 4.43. The Morgan fingerprint density at radius 2 is 2.33 bits per heavy atom. The molecule has 1 amide bonds. The van der Waals surface area contributed by atoms with Gasteiger partial charge in [-0.15, -0.1) is 11.3 Å². The lowest BCUT2D eigenvalue weighted by molar-refractivity contribution is -0.123. The number of anilines is 1. The van der Waals surface area contributed by atoms with Crippen molar-refractivity contribution in [1.82, 2.24) is 4.98 Å². The van der Waals surface area contributed by atoms with E-state index in [1.165, 1.54) is 35.2 Å². The summed E-state index contributed by atoms with van der Waals surface area (Å²) in [5, 5.41) is 13.8. The highest BCUT2D eigenvalue weighted by Crippen LogP contribution is 2.38. The standard InChI is InChI=1S/C11H7FN2O2S2/c12-6-3-5-7(14-10(16)9(5)15)4-8(6)18-11-13-1-2-17-11/h1-4,9,15H,(H,14,16). The van der Waals surface area contributed by atoms with Gasteiger partial charge in [0.2, 0.25) is 0 Å². The third kappa shape index (κ3) is 1.90. The smallest absolute Gasteiger partial charge is 0.257 e. The highest BCUT2D eigenvalue weighted by molar-refractivity contribution is 8.01. The van der Waals surface area contributed by atoms with E-state index in [1.54, 1.807) is 11.6 Å². The average molecular weight is 282 g/mol. The van der Waals surface area contributed by atoms with Gasteiger partial charge in [-0.2, -0.15) is 0 Å². The molecule has 1 aromatic heterocycles. The minimum atomic E-state index is -1.28. The molecule has 0 bridgehead atoms. The van der Waals surface area contributed by atoms with Crippen LogP contribution in [0.5, 0.6) is 0 Å². The van der Waals surface area contributed by atoms with Crippen LogP contribution in [0.3, 0.4) is 0 Å². The first-order chi connectivity index (χ1) is 8.65. The monoisotopic (exact) mass is 282 g/mol. The number of aromatic nitrogens is 1. The number of amides is 1. The molecule has 0 radical (unpaired) electrons. The number of nitrogens with zero attached hydrogens (tertiary/aromatic N) is 1. The number of aliphatic hydroxyl groups is 1. The summed E-state index contributed by atoms with van der Waals surface area (Å²) in [7, 11) is 0. The number of rotatable bonds is 2. The summed E-state index contributed by atoms with van der Waals surface area (Å²) in [6, 6.07) is 2.71. The van der Waals surface area contributed by atoms with E-state index in [-0.39, 0.29) is 5.56 Å². The molecule has 1 unspecified atom stereocenters. The summed E-state index contributed by atoms with van der Waals surface area (Å²) in [6.07, 6.45) is 0.359. The number of nitrogens with one attached hydrogen (secondary N) is 1. The van der Waals surface area contributed by atoms with Crippen molar-refractivity contribution in [2.45, 2.75) is 15.3 Å². The van der Waals surface area contributed by atoms with Crippen LogP contribution in [-0.2, 0) is 4.79 Å². The molecule has 1 aliphatic rings. The number of carbonyl (C=O) groups is 1. The molecule has 18 heavy (non-hydrogen) atoms. The normalized spacial score (nSPS) is 17.7. The minimum absolute atomic E-state index is 0.279. The fourth-order valence-corrected chi connectivity index (χ4v) is 3.30. The van der Waals surface area contributed by atoms with Gasteiger partial charge in [0.25, 0.3) is 5.91 Å². The van der Waals surface area contributed by atoms with E-state index in [9.17, 15) is 14.3 Å². The van der Waals surface area contributed by atoms with Crippen molar-refractivity contribution in [2.75, 3.05) is 5.32 Å². The summed E-state index contributed by atoms with van der Waals surface area (Å²) >= 11 is 2.60. The molecule has 0 saturated heterocycles. The second kappa shape index (κ2) is 4.34. The lowest BCUT2D eigenvalue weighted by Crippen LogP contribution is -2.10. The van der Waals surface area contributed by atoms with Gasteiger partial charge in [-0.1, -0.05) is 11.8 Å². The molecule has 4 nitrogen and oxygen atoms in total. The maximum absolute atomic E-state index is 13.8. The van der Waals surface area contributed by atoms with Crippen molar-refractivity contribution in [3.63, 3.8) is 0 Å². The maximum atomic E-state index is 13.8. The molecule has 2 N–H and O–H groups in total. The SMILES string of the molecule is O=C1Nc2cc(Sc3nccs3)c(F)cc2C1O. The largest absolute Gasteiger partial charge is 0.378 e. The van der Waals surface area contributed by atoms with Gasteiger partial charge in [-0.05, 0) is 12.1 Å². The molecule has 0 saturated carbocycles. The van der Waals surface area contributed by atoms with Crippen LogP contribution in [0.15, 0.2) is 32.9 Å². The van der Waals surface area contributed by atoms with E-state index in [2.05, 4.69) is 10.3 Å². The number of benzene rings is 1. The van der Waals surface area contributed by atoms with Gasteiger partial charge >= 0.3 is 0 Å². The zero-order valence-corrected chi connectivity index (χ0v) is 10.5. The summed E-state index contributed by atoms with van der Waals surface area (Å²) in [4.78, 5) is 15.7. The second-order valence-electron chi connectivity index (χ2n) is 3.66. The number of carbonyl (C=O) groups excluding carboxylic acids is 1. The Hall–Kier alpha value is -1.44. The lowest BCUT2D eigenvalue weighted by atomic mass is 10.1. The number of hydrogen-bond acceptors (Lipinski definition) is 5. The van der Waals surface area contributed by atoms with E-state index < -0.39 is 17.8 Å². The highest BCUT2D eigenvalue weighted by atomic mass is 32.2. The Kier molecular flexibility index (Phi) is 2.81. The van der Waals surface area contributed by atoms with Crippen LogP contribution < -0.4 is 5.32 Å². The van der Waals surface area contributed by atoms with Gasteiger partial charge in [0.15, 0.2) is 10.4 Å². The van der Waals surface area contributed by atoms with Crippen LogP contribution in [0.1, 0.15) is 11.7 Å². The Bertz CT molecular complexity index is 616. The molecule has 0 spiro atoms. The summed E-state index contributed by atoms with van der Waals surface area (Å²) in [6.45, 7) is 0. The first kappa shape index (κ1) is 11.6. The number of fused-ring (bicyclic) bond motifs is 1. The van der Waals surface area contributed by atoms with Crippen LogP contribution in [0.4, 0.5) is 10.1 Å². The van der Waals surface area contributed by atoms with E-state index in [0.717, 1.165) is 4.34 Å². The van der Waals surface area contributed by atoms with Gasteiger partial charge in [0, 0.05) is 22.8 Å². The first-order valence-electron chi connectivity index (χ1n) is 5.05. The predicted molar refractivity (Wildman–Crippen MR) is 66.2 cm³/mol. The van der Waals surface area contributed by atoms with Crippen molar-refractivity contribution >= 4 is 34.7 Å². The zero-order valence-electron chi connectivity index (χ0n) is 8.88. The molecule has 92 valence electrons. The average Bonchev–Trinajstić information content (AvgIpc) is 2.92. The highest BCUT2D eigenvalue weighted by Gasteiger charge is 2.30. The van der Waals surface area contributed by atoms with Crippen molar-refractivity contribution in [1.29, 1.82) is 0 Å². The predicted octanol–water partition coefficient (Wildman–Crippen LogP) is 2.42. The van der Waals surface area contributed by atoms with Crippen molar-refractivity contribution in [3.05, 3.63) is 35.1 Å². The Labute approximate surface area is 110 Å². The van der Waals surface area contributed by atoms with Crippen molar-refractivity contribution in [3.8, 4) is 0 Å². The molecule has 0 fully saturated rings. The first-order valence-corrected chi connectivity index (χ1v) is 6.74. The molecule has 7 heteroatoms. The Morgan fingerprint density at radius 1 is 1.50 bits per heavy atom. The van der Waals surface area contributed by atoms with Crippen LogP contribution in [0.2, 0.25) is 0 Å². The summed E-state index contributed by atoms with van der Waals surface area (Å²) < 4.78 is 14.6. The molecule has 3 rings (SSSR count). The summed E-state index contributed by atoms with van der Waals surface area (Å²) in [5.74, 6) is -0.995. The number of halogens is 1. The molecule has 0 aliphatic carbocycles. The number of thiazole rings is 1. The third-order valence-electron chi connectivity index (χ3n) is 2.51. The molecule has 1 atom stereocenters. The van der Waals surface area contributed by atoms with Crippen LogP contribution >= 0.6 is 23.1 Å². The Morgan fingerprint density at radius 3 is 3.06 bits per heavy atom. The molecule has 1 aliphatic heterocycles. The van der Waals surface area contributed by atoms with Gasteiger partial charge in [-0.3, -0.25) is 4.79 Å². The second-order valence-corrected chi connectivity index (χ2v) is 5.85. The number of hydrogen-bond donors (Lipinski definition) is 2. The molecule has 1 aromatic carbocycles. The lowest BCUT2D eigenvalue weighted by Gasteiger charge is -2.05. The van der Waals surface area contributed by atoms with Crippen molar-refractivity contribution < 1.29 is 14.3 Å². The van der Waals surface area contributed by atoms with E-state index in [1.807, 2.05) is 0 Å². The molecule has 2 heterocycles. The van der Waals surface area contributed by atoms with Crippen LogP contribution in [-0.4, -0.2) is 16.0 Å². The quantitative estimate of drug-likeness (QED) is 0.888. The van der Waals surface area contributed by atoms with Crippen LogP contribution in [0, 0.1) is 5.82 Å². The van der Waals surface area contributed by atoms with E-state index in [4.69, 9.17) is 0 Å².